The molecule has 1 unspecified atom stereocenters. The van der Waals surface area contributed by atoms with E-state index in [9.17, 15) is 0 Å². The Morgan fingerprint density at radius 1 is 0.968 bits per heavy atom. The maximum atomic E-state index is 4.93. The van der Waals surface area contributed by atoms with Crippen LogP contribution < -0.4 is 10.6 Å². The van der Waals surface area contributed by atoms with E-state index in [2.05, 4.69) is 69.5 Å². The zero-order valence-corrected chi connectivity index (χ0v) is 19.9. The highest BCUT2D eigenvalue weighted by Crippen LogP contribution is 2.20. The van der Waals surface area contributed by atoms with Gasteiger partial charge in [-0.2, -0.15) is 0 Å². The Balaban J connectivity index is 1.35. The highest BCUT2D eigenvalue weighted by molar-refractivity contribution is 5.79. The molecule has 2 aliphatic heterocycles. The van der Waals surface area contributed by atoms with Crippen molar-refractivity contribution in [3.05, 3.63) is 35.9 Å². The fraction of sp³-hybridized carbons (Fsp3) is 0.720. The molecule has 2 aliphatic rings. The SMILES string of the molecule is CCNC(=NCC1CCCN1Cc1ccccc1)NCCCCN1CCN(CC)CC1. The molecule has 3 rings (SSSR count). The number of likely N-dealkylation sites (tertiary alicyclic amines) is 1. The average Bonchev–Trinajstić information content (AvgIpc) is 3.25. The van der Waals surface area contributed by atoms with Gasteiger partial charge in [0.2, 0.25) is 0 Å². The first-order chi connectivity index (χ1) is 15.3. The summed E-state index contributed by atoms with van der Waals surface area (Å²) in [7, 11) is 0. The van der Waals surface area contributed by atoms with Crippen LogP contribution in [0.3, 0.4) is 0 Å². The molecule has 1 atom stereocenters. The smallest absolute Gasteiger partial charge is 0.191 e. The van der Waals surface area contributed by atoms with E-state index in [1.54, 1.807) is 0 Å². The second-order valence-corrected chi connectivity index (χ2v) is 8.88. The Hall–Kier alpha value is -1.63. The van der Waals surface area contributed by atoms with Gasteiger partial charge in [0.15, 0.2) is 5.96 Å². The summed E-state index contributed by atoms with van der Waals surface area (Å²) in [5, 5.41) is 6.98. The van der Waals surface area contributed by atoms with Crippen LogP contribution in [0.1, 0.15) is 45.1 Å². The summed E-state index contributed by atoms with van der Waals surface area (Å²) in [4.78, 5) is 12.7. The van der Waals surface area contributed by atoms with Crippen molar-refractivity contribution < 1.29 is 0 Å². The van der Waals surface area contributed by atoms with Gasteiger partial charge in [-0.3, -0.25) is 9.89 Å². The topological polar surface area (TPSA) is 46.1 Å². The molecular weight excluding hydrogens is 384 g/mol. The quantitative estimate of drug-likeness (QED) is 0.322. The number of guanidine groups is 1. The Labute approximate surface area is 190 Å². The largest absolute Gasteiger partial charge is 0.357 e. The van der Waals surface area contributed by atoms with Crippen molar-refractivity contribution in [2.45, 2.75) is 52.1 Å². The minimum Gasteiger partial charge on any atom is -0.357 e. The van der Waals surface area contributed by atoms with Crippen molar-refractivity contribution in [3.8, 4) is 0 Å². The summed E-state index contributed by atoms with van der Waals surface area (Å²) < 4.78 is 0. The Bertz CT molecular complexity index is 626. The summed E-state index contributed by atoms with van der Waals surface area (Å²) in [6.45, 7) is 16.8. The van der Waals surface area contributed by atoms with Gasteiger partial charge in [0, 0.05) is 51.9 Å². The Morgan fingerprint density at radius 3 is 2.48 bits per heavy atom. The van der Waals surface area contributed by atoms with Gasteiger partial charge >= 0.3 is 0 Å². The lowest BCUT2D eigenvalue weighted by molar-refractivity contribution is 0.136. The number of benzene rings is 1. The lowest BCUT2D eigenvalue weighted by Crippen LogP contribution is -2.46. The number of nitrogens with one attached hydrogen (secondary N) is 2. The molecule has 0 amide bonds. The third kappa shape index (κ3) is 8.43. The van der Waals surface area contributed by atoms with Gasteiger partial charge in [-0.1, -0.05) is 37.3 Å². The maximum Gasteiger partial charge on any atom is 0.191 e. The van der Waals surface area contributed by atoms with Gasteiger partial charge in [0.1, 0.15) is 0 Å². The molecule has 1 aromatic rings. The zero-order chi connectivity index (χ0) is 21.7. The molecule has 0 aliphatic carbocycles. The van der Waals surface area contributed by atoms with Crippen LogP contribution in [0.15, 0.2) is 35.3 Å². The lowest BCUT2D eigenvalue weighted by atomic mass is 10.2. The number of likely N-dealkylation sites (N-methyl/N-ethyl adjacent to an activating group) is 1. The molecule has 2 fully saturated rings. The van der Waals surface area contributed by atoms with Crippen LogP contribution in [0.4, 0.5) is 0 Å². The predicted octanol–water partition coefficient (Wildman–Crippen LogP) is 2.62. The average molecular weight is 429 g/mol. The number of rotatable bonds is 11. The maximum absolute atomic E-state index is 4.93. The van der Waals surface area contributed by atoms with Crippen molar-refractivity contribution >= 4 is 5.96 Å². The standard InChI is InChI=1S/C25H44N6/c1-3-26-25(27-14-8-9-15-30-19-17-29(4-2)18-20-30)28-21-24-13-10-16-31(24)22-23-11-6-5-7-12-23/h5-7,11-12,24H,3-4,8-10,13-22H2,1-2H3,(H2,26,27,28). The summed E-state index contributed by atoms with van der Waals surface area (Å²) in [6, 6.07) is 11.4. The third-order valence-corrected chi connectivity index (χ3v) is 6.64. The molecule has 31 heavy (non-hydrogen) atoms. The molecule has 2 heterocycles. The molecule has 0 radical (unpaired) electrons. The zero-order valence-electron chi connectivity index (χ0n) is 19.9. The van der Waals surface area contributed by atoms with Crippen molar-refractivity contribution in [2.75, 3.05) is 65.4 Å². The van der Waals surface area contributed by atoms with Crippen molar-refractivity contribution in [1.82, 2.24) is 25.3 Å². The molecule has 0 bridgehead atoms. The fourth-order valence-corrected chi connectivity index (χ4v) is 4.66. The van der Waals surface area contributed by atoms with E-state index in [1.165, 1.54) is 77.1 Å². The first-order valence-electron chi connectivity index (χ1n) is 12.5. The van der Waals surface area contributed by atoms with E-state index in [4.69, 9.17) is 4.99 Å². The van der Waals surface area contributed by atoms with Gasteiger partial charge in [-0.05, 0) is 57.8 Å². The van der Waals surface area contributed by atoms with E-state index in [1.807, 2.05) is 0 Å². The lowest BCUT2D eigenvalue weighted by Gasteiger charge is -2.34. The molecule has 0 spiro atoms. The van der Waals surface area contributed by atoms with Crippen LogP contribution in [0.2, 0.25) is 0 Å². The summed E-state index contributed by atoms with van der Waals surface area (Å²) in [6.07, 6.45) is 4.98. The Kier molecular flexibility index (Phi) is 10.6. The van der Waals surface area contributed by atoms with Crippen LogP contribution in [0, 0.1) is 0 Å². The van der Waals surface area contributed by atoms with E-state index in [-0.39, 0.29) is 0 Å². The molecule has 2 saturated heterocycles. The first kappa shape index (κ1) is 24.0. The first-order valence-corrected chi connectivity index (χ1v) is 12.5. The van der Waals surface area contributed by atoms with Crippen molar-refractivity contribution in [2.24, 2.45) is 4.99 Å². The van der Waals surface area contributed by atoms with Crippen molar-refractivity contribution in [1.29, 1.82) is 0 Å². The van der Waals surface area contributed by atoms with Crippen LogP contribution >= 0.6 is 0 Å². The van der Waals surface area contributed by atoms with Gasteiger partial charge in [-0.15, -0.1) is 0 Å². The predicted molar refractivity (Wildman–Crippen MR) is 132 cm³/mol. The summed E-state index contributed by atoms with van der Waals surface area (Å²) in [5.74, 6) is 0.977. The second-order valence-electron chi connectivity index (χ2n) is 8.88. The van der Waals surface area contributed by atoms with Gasteiger partial charge in [0.25, 0.3) is 0 Å². The van der Waals surface area contributed by atoms with Crippen LogP contribution in [-0.4, -0.2) is 92.1 Å². The monoisotopic (exact) mass is 428 g/mol. The summed E-state index contributed by atoms with van der Waals surface area (Å²) in [5.41, 5.74) is 1.40. The highest BCUT2D eigenvalue weighted by Gasteiger charge is 2.24. The molecular formula is C25H44N6. The molecule has 0 aromatic heterocycles. The number of hydrogen-bond donors (Lipinski definition) is 2. The van der Waals surface area contributed by atoms with E-state index >= 15 is 0 Å². The third-order valence-electron chi connectivity index (χ3n) is 6.64. The molecule has 2 N–H and O–H groups in total. The van der Waals surface area contributed by atoms with Gasteiger partial charge in [0.05, 0.1) is 6.54 Å². The Morgan fingerprint density at radius 2 is 1.74 bits per heavy atom. The fourth-order valence-electron chi connectivity index (χ4n) is 4.66. The summed E-state index contributed by atoms with van der Waals surface area (Å²) >= 11 is 0. The van der Waals surface area contributed by atoms with E-state index in [0.29, 0.717) is 6.04 Å². The molecule has 0 saturated carbocycles. The van der Waals surface area contributed by atoms with Crippen LogP contribution in [0.5, 0.6) is 0 Å². The normalized spacial score (nSPS) is 21.5. The molecule has 6 heteroatoms. The molecule has 6 nitrogen and oxygen atoms in total. The molecule has 174 valence electrons. The number of nitrogens with zero attached hydrogens (tertiary/aromatic N) is 4. The van der Waals surface area contributed by atoms with Gasteiger partial charge < -0.3 is 20.4 Å². The van der Waals surface area contributed by atoms with Gasteiger partial charge in [-0.25, -0.2) is 0 Å². The van der Waals surface area contributed by atoms with E-state index < -0.39 is 0 Å². The minimum atomic E-state index is 0.553. The number of aliphatic imine (C=N–C) groups is 1. The van der Waals surface area contributed by atoms with Crippen LogP contribution in [0.25, 0.3) is 0 Å². The second kappa shape index (κ2) is 13.7. The van der Waals surface area contributed by atoms with E-state index in [0.717, 1.165) is 32.1 Å². The number of piperazine rings is 1. The molecule has 1 aromatic carbocycles. The minimum absolute atomic E-state index is 0.553. The number of hydrogen-bond acceptors (Lipinski definition) is 4. The van der Waals surface area contributed by atoms with Crippen molar-refractivity contribution in [3.63, 3.8) is 0 Å². The highest BCUT2D eigenvalue weighted by atomic mass is 15.3. The van der Waals surface area contributed by atoms with Crippen LogP contribution in [-0.2, 0) is 6.54 Å². The number of unbranched alkanes of at least 4 members (excludes halogenated alkanes) is 1.